The van der Waals surface area contributed by atoms with Gasteiger partial charge in [0.05, 0.1) is 0 Å². The van der Waals surface area contributed by atoms with E-state index in [1.807, 2.05) is 24.5 Å². The van der Waals surface area contributed by atoms with Crippen molar-refractivity contribution in [1.29, 1.82) is 0 Å². The molecular formula is C15H15F2N3O. The summed E-state index contributed by atoms with van der Waals surface area (Å²) in [6, 6.07) is 9.12. The molecule has 110 valence electrons. The largest absolute Gasteiger partial charge is 0.319 e. The molecule has 0 spiro atoms. The number of hydrogen-bond donors (Lipinski definition) is 2. The van der Waals surface area contributed by atoms with Crippen LogP contribution >= 0.6 is 0 Å². The third-order valence-corrected chi connectivity index (χ3v) is 3.16. The third kappa shape index (κ3) is 3.00. The van der Waals surface area contributed by atoms with Crippen molar-refractivity contribution in [2.75, 3.05) is 17.4 Å². The minimum atomic E-state index is -0.918. The zero-order valence-corrected chi connectivity index (χ0v) is 11.7. The van der Waals surface area contributed by atoms with Crippen molar-refractivity contribution in [3.63, 3.8) is 0 Å². The summed E-state index contributed by atoms with van der Waals surface area (Å²) in [6.45, 7) is 1.93. The molecule has 0 radical (unpaired) electrons. The van der Waals surface area contributed by atoms with Gasteiger partial charge in [-0.3, -0.25) is 10.6 Å². The van der Waals surface area contributed by atoms with Gasteiger partial charge in [0.2, 0.25) is 0 Å². The van der Waals surface area contributed by atoms with Crippen molar-refractivity contribution in [3.8, 4) is 0 Å². The molecule has 4 nitrogen and oxygen atoms in total. The first kappa shape index (κ1) is 14.9. The van der Waals surface area contributed by atoms with Crippen LogP contribution in [0.15, 0.2) is 36.4 Å². The van der Waals surface area contributed by atoms with E-state index in [2.05, 4.69) is 0 Å². The Balaban J connectivity index is 2.33. The van der Waals surface area contributed by atoms with Crippen LogP contribution in [0.25, 0.3) is 0 Å². The smallest absolute Gasteiger partial charge is 0.258 e. The molecule has 0 unspecified atom stereocenters. The lowest BCUT2D eigenvalue weighted by Gasteiger charge is -2.18. The van der Waals surface area contributed by atoms with Crippen LogP contribution in [0.3, 0.4) is 0 Å². The Labute approximate surface area is 121 Å². The molecule has 0 saturated carbocycles. The van der Waals surface area contributed by atoms with Gasteiger partial charge in [-0.1, -0.05) is 17.7 Å². The van der Waals surface area contributed by atoms with Gasteiger partial charge in [0.25, 0.3) is 5.91 Å². The summed E-state index contributed by atoms with van der Waals surface area (Å²) in [5.74, 6) is 2.67. The molecule has 0 fully saturated rings. The van der Waals surface area contributed by atoms with Crippen LogP contribution in [-0.2, 0) is 0 Å². The fourth-order valence-corrected chi connectivity index (χ4v) is 1.91. The lowest BCUT2D eigenvalue weighted by Crippen LogP contribution is -2.26. The molecule has 1 amide bonds. The Morgan fingerprint density at radius 3 is 2.14 bits per heavy atom. The fourth-order valence-electron chi connectivity index (χ4n) is 1.91. The van der Waals surface area contributed by atoms with Crippen molar-refractivity contribution in [2.24, 2.45) is 5.84 Å². The zero-order valence-electron chi connectivity index (χ0n) is 11.7. The van der Waals surface area contributed by atoms with E-state index < -0.39 is 23.2 Å². The number of aryl methyl sites for hydroxylation is 1. The maximum atomic E-state index is 13.6. The van der Waals surface area contributed by atoms with Crippen LogP contribution in [0.4, 0.5) is 20.2 Å². The highest BCUT2D eigenvalue weighted by Crippen LogP contribution is 2.22. The molecular weight excluding hydrogens is 276 g/mol. The average Bonchev–Trinajstić information content (AvgIpc) is 2.46. The first-order valence-electron chi connectivity index (χ1n) is 6.24. The summed E-state index contributed by atoms with van der Waals surface area (Å²) in [6.07, 6.45) is 0. The van der Waals surface area contributed by atoms with Gasteiger partial charge in [-0.05, 0) is 31.2 Å². The van der Waals surface area contributed by atoms with Crippen molar-refractivity contribution in [2.45, 2.75) is 6.92 Å². The van der Waals surface area contributed by atoms with Gasteiger partial charge in [-0.15, -0.1) is 0 Å². The number of halogens is 2. The highest BCUT2D eigenvalue weighted by atomic mass is 19.1. The predicted molar refractivity (Wildman–Crippen MR) is 78.1 cm³/mol. The number of nitrogen functional groups attached to an aromatic ring is 1. The number of rotatable bonds is 3. The lowest BCUT2D eigenvalue weighted by atomic mass is 10.1. The minimum Gasteiger partial charge on any atom is -0.319 e. The molecule has 0 atom stereocenters. The van der Waals surface area contributed by atoms with E-state index in [0.717, 1.165) is 17.7 Å². The van der Waals surface area contributed by atoms with Gasteiger partial charge in [-0.2, -0.15) is 0 Å². The summed E-state index contributed by atoms with van der Waals surface area (Å²) >= 11 is 0. The standard InChI is InChI=1S/C15H15F2N3O/c1-9-3-5-11(6-4-9)20(2)15(21)10-7-12(16)14(19-18)13(17)8-10/h3-8,19H,18H2,1-2H3. The van der Waals surface area contributed by atoms with E-state index in [9.17, 15) is 13.6 Å². The van der Waals surface area contributed by atoms with Crippen LogP contribution in [0, 0.1) is 18.6 Å². The van der Waals surface area contributed by atoms with Gasteiger partial charge >= 0.3 is 0 Å². The van der Waals surface area contributed by atoms with Gasteiger partial charge in [-0.25, -0.2) is 8.78 Å². The molecule has 0 aliphatic rings. The molecule has 21 heavy (non-hydrogen) atoms. The molecule has 0 saturated heterocycles. The first-order valence-corrected chi connectivity index (χ1v) is 6.24. The van der Waals surface area contributed by atoms with E-state index in [-0.39, 0.29) is 5.56 Å². The molecule has 0 aromatic heterocycles. The summed E-state index contributed by atoms with van der Waals surface area (Å²) < 4.78 is 27.3. The Hall–Kier alpha value is -2.47. The van der Waals surface area contributed by atoms with E-state index in [0.29, 0.717) is 5.69 Å². The molecule has 2 aromatic rings. The van der Waals surface area contributed by atoms with Gasteiger partial charge in [0.15, 0.2) is 11.6 Å². The molecule has 0 aliphatic heterocycles. The van der Waals surface area contributed by atoms with Gasteiger partial charge in [0, 0.05) is 18.3 Å². The van der Waals surface area contributed by atoms with Crippen molar-refractivity contribution >= 4 is 17.3 Å². The van der Waals surface area contributed by atoms with Crippen LogP contribution in [0.5, 0.6) is 0 Å². The second-order valence-corrected chi connectivity index (χ2v) is 4.66. The monoisotopic (exact) mass is 291 g/mol. The Morgan fingerprint density at radius 2 is 1.67 bits per heavy atom. The van der Waals surface area contributed by atoms with Crippen LogP contribution in [0.2, 0.25) is 0 Å². The summed E-state index contributed by atoms with van der Waals surface area (Å²) in [7, 11) is 1.54. The van der Waals surface area contributed by atoms with E-state index in [4.69, 9.17) is 5.84 Å². The van der Waals surface area contributed by atoms with E-state index in [1.165, 1.54) is 11.9 Å². The molecule has 0 heterocycles. The topological polar surface area (TPSA) is 58.4 Å². The minimum absolute atomic E-state index is 0.0907. The Bertz CT molecular complexity index is 648. The lowest BCUT2D eigenvalue weighted by molar-refractivity contribution is 0.0992. The number of nitrogens with zero attached hydrogens (tertiary/aromatic N) is 1. The third-order valence-electron chi connectivity index (χ3n) is 3.16. The summed E-state index contributed by atoms with van der Waals surface area (Å²) in [4.78, 5) is 13.6. The normalized spacial score (nSPS) is 10.3. The Morgan fingerprint density at radius 1 is 1.14 bits per heavy atom. The summed E-state index contributed by atoms with van der Waals surface area (Å²) in [5, 5.41) is 0. The quantitative estimate of drug-likeness (QED) is 0.675. The first-order chi connectivity index (χ1) is 9.93. The maximum absolute atomic E-state index is 13.6. The number of anilines is 2. The number of amides is 1. The molecule has 2 rings (SSSR count). The van der Waals surface area contributed by atoms with Crippen LogP contribution in [-0.4, -0.2) is 13.0 Å². The molecule has 0 aliphatic carbocycles. The number of hydrogen-bond acceptors (Lipinski definition) is 3. The van der Waals surface area contributed by atoms with Crippen LogP contribution in [0.1, 0.15) is 15.9 Å². The fraction of sp³-hybridized carbons (Fsp3) is 0.133. The van der Waals surface area contributed by atoms with Crippen LogP contribution < -0.4 is 16.2 Å². The zero-order chi connectivity index (χ0) is 15.6. The highest BCUT2D eigenvalue weighted by Gasteiger charge is 2.18. The van der Waals surface area contributed by atoms with Gasteiger partial charge < -0.3 is 10.3 Å². The van der Waals surface area contributed by atoms with Gasteiger partial charge in [0.1, 0.15) is 5.69 Å². The highest BCUT2D eigenvalue weighted by molar-refractivity contribution is 6.05. The van der Waals surface area contributed by atoms with Crippen molar-refractivity contribution < 1.29 is 13.6 Å². The summed E-state index contributed by atoms with van der Waals surface area (Å²) in [5.41, 5.74) is 3.05. The average molecular weight is 291 g/mol. The van der Waals surface area contributed by atoms with Crippen molar-refractivity contribution in [1.82, 2.24) is 0 Å². The molecule has 3 N–H and O–H groups in total. The number of nitrogens with one attached hydrogen (secondary N) is 1. The SMILES string of the molecule is Cc1ccc(N(C)C(=O)c2cc(F)c(NN)c(F)c2)cc1. The van der Waals surface area contributed by atoms with Crippen molar-refractivity contribution in [3.05, 3.63) is 59.2 Å². The number of carbonyl (C=O) groups excluding carboxylic acids is 1. The second-order valence-electron chi connectivity index (χ2n) is 4.66. The number of benzene rings is 2. The predicted octanol–water partition coefficient (Wildman–Crippen LogP) is 2.84. The van der Waals surface area contributed by atoms with E-state index >= 15 is 0 Å². The number of nitrogens with two attached hydrogens (primary N) is 1. The van der Waals surface area contributed by atoms with E-state index in [1.54, 1.807) is 12.1 Å². The number of carbonyl (C=O) groups is 1. The second kappa shape index (κ2) is 5.88. The molecule has 6 heteroatoms. The Kier molecular flexibility index (Phi) is 4.18. The number of hydrazine groups is 1. The molecule has 0 bridgehead atoms. The molecule has 2 aromatic carbocycles. The maximum Gasteiger partial charge on any atom is 0.258 e.